The molecule has 0 bridgehead atoms. The van der Waals surface area contributed by atoms with Crippen LogP contribution in [0.5, 0.6) is 6.01 Å². The van der Waals surface area contributed by atoms with Gasteiger partial charge in [0.05, 0.1) is 25.9 Å². The Bertz CT molecular complexity index is 373. The van der Waals surface area contributed by atoms with E-state index < -0.39 is 6.04 Å². The first-order chi connectivity index (χ1) is 9.23. The molecule has 0 unspecified atom stereocenters. The molecule has 19 heavy (non-hydrogen) atoms. The van der Waals surface area contributed by atoms with Crippen molar-refractivity contribution in [1.82, 2.24) is 15.0 Å². The fourth-order valence-electron chi connectivity index (χ4n) is 1.26. The van der Waals surface area contributed by atoms with Gasteiger partial charge in [-0.15, -0.1) is 0 Å². The second-order valence-corrected chi connectivity index (χ2v) is 3.83. The average molecular weight is 271 g/mol. The van der Waals surface area contributed by atoms with Crippen molar-refractivity contribution >= 4 is 11.9 Å². The van der Waals surface area contributed by atoms with Crippen LogP contribution in [-0.2, 0) is 0 Å². The Morgan fingerprint density at radius 3 is 2.37 bits per heavy atom. The molecular formula is C11H21N5O3. The summed E-state index contributed by atoms with van der Waals surface area (Å²) in [6.07, 6.45) is 0.939. The molecule has 0 radical (unpaired) electrons. The van der Waals surface area contributed by atoms with Crippen molar-refractivity contribution in [3.63, 3.8) is 0 Å². The van der Waals surface area contributed by atoms with Crippen molar-refractivity contribution < 1.29 is 14.9 Å². The highest BCUT2D eigenvalue weighted by atomic mass is 16.5. The van der Waals surface area contributed by atoms with E-state index in [1.165, 1.54) is 0 Å². The van der Waals surface area contributed by atoms with Gasteiger partial charge in [0.25, 0.3) is 0 Å². The van der Waals surface area contributed by atoms with Gasteiger partial charge in [-0.2, -0.15) is 15.0 Å². The Morgan fingerprint density at radius 1 is 1.11 bits per heavy atom. The van der Waals surface area contributed by atoms with E-state index in [4.69, 9.17) is 14.9 Å². The van der Waals surface area contributed by atoms with E-state index in [1.807, 2.05) is 13.8 Å². The molecule has 0 amide bonds. The summed E-state index contributed by atoms with van der Waals surface area (Å²) in [6, 6.07) is -0.316. The van der Waals surface area contributed by atoms with Crippen LogP contribution in [0.15, 0.2) is 0 Å². The van der Waals surface area contributed by atoms with Gasteiger partial charge in [-0.05, 0) is 13.3 Å². The second kappa shape index (κ2) is 8.44. The van der Waals surface area contributed by atoms with Gasteiger partial charge in [-0.3, -0.25) is 0 Å². The van der Waals surface area contributed by atoms with Crippen LogP contribution in [0.3, 0.4) is 0 Å². The third-order valence-electron chi connectivity index (χ3n) is 2.20. The maximum absolute atomic E-state index is 9.03. The number of hydrogen-bond donors (Lipinski definition) is 4. The smallest absolute Gasteiger partial charge is 0.323 e. The third kappa shape index (κ3) is 5.23. The van der Waals surface area contributed by atoms with Crippen LogP contribution >= 0.6 is 0 Å². The highest BCUT2D eigenvalue weighted by molar-refractivity contribution is 5.36. The molecule has 1 rings (SSSR count). The molecule has 4 N–H and O–H groups in total. The van der Waals surface area contributed by atoms with Crippen LogP contribution in [-0.4, -0.2) is 57.6 Å². The lowest BCUT2D eigenvalue weighted by atomic mass is 10.3. The number of nitrogens with one attached hydrogen (secondary N) is 2. The second-order valence-electron chi connectivity index (χ2n) is 3.83. The summed E-state index contributed by atoms with van der Waals surface area (Å²) in [4.78, 5) is 12.3. The number of aromatic nitrogens is 3. The van der Waals surface area contributed by atoms with Crippen LogP contribution in [0.2, 0.25) is 0 Å². The van der Waals surface area contributed by atoms with E-state index in [1.54, 1.807) is 0 Å². The Labute approximate surface area is 112 Å². The van der Waals surface area contributed by atoms with Crippen LogP contribution in [0.25, 0.3) is 0 Å². The quantitative estimate of drug-likeness (QED) is 0.491. The van der Waals surface area contributed by atoms with Crippen molar-refractivity contribution in [3.8, 4) is 6.01 Å². The van der Waals surface area contributed by atoms with Crippen molar-refractivity contribution in [2.24, 2.45) is 0 Å². The minimum Gasteiger partial charge on any atom is -0.464 e. The van der Waals surface area contributed by atoms with E-state index in [0.717, 1.165) is 13.0 Å². The summed E-state index contributed by atoms with van der Waals surface area (Å²) in [5, 5.41) is 23.9. The minimum atomic E-state index is -0.518. The molecule has 1 aromatic heterocycles. The van der Waals surface area contributed by atoms with Gasteiger partial charge in [-0.1, -0.05) is 6.92 Å². The summed E-state index contributed by atoms with van der Waals surface area (Å²) in [5.74, 6) is 0.655. The molecule has 0 spiro atoms. The molecule has 0 saturated carbocycles. The molecule has 0 aliphatic heterocycles. The third-order valence-corrected chi connectivity index (χ3v) is 2.20. The van der Waals surface area contributed by atoms with Gasteiger partial charge in [0, 0.05) is 6.54 Å². The number of hydrogen-bond acceptors (Lipinski definition) is 8. The van der Waals surface area contributed by atoms with E-state index in [9.17, 15) is 0 Å². The lowest BCUT2D eigenvalue weighted by Crippen LogP contribution is -2.29. The fourth-order valence-corrected chi connectivity index (χ4v) is 1.26. The zero-order valence-corrected chi connectivity index (χ0v) is 11.3. The summed E-state index contributed by atoms with van der Waals surface area (Å²) in [5.41, 5.74) is 0. The fraction of sp³-hybridized carbons (Fsp3) is 0.727. The van der Waals surface area contributed by atoms with Crippen molar-refractivity contribution in [2.45, 2.75) is 26.3 Å². The first-order valence-corrected chi connectivity index (χ1v) is 6.34. The number of ether oxygens (including phenoxy) is 1. The summed E-state index contributed by atoms with van der Waals surface area (Å²) < 4.78 is 5.25. The van der Waals surface area contributed by atoms with E-state index in [2.05, 4.69) is 25.6 Å². The minimum absolute atomic E-state index is 0.202. The Hall–Kier alpha value is -1.67. The molecule has 8 nitrogen and oxygen atoms in total. The zero-order valence-electron chi connectivity index (χ0n) is 11.3. The summed E-state index contributed by atoms with van der Waals surface area (Å²) in [7, 11) is 0. The number of rotatable bonds is 9. The van der Waals surface area contributed by atoms with Gasteiger partial charge in [0.15, 0.2) is 0 Å². The highest BCUT2D eigenvalue weighted by Gasteiger charge is 2.11. The standard InChI is InChI=1S/C11H21N5O3/c1-3-5-12-9-14-10(13-8(6-17)7-18)16-11(15-9)19-4-2/h8,17-18H,3-7H2,1-2H3,(H2,12,13,14,15,16). The molecule has 8 heteroatoms. The van der Waals surface area contributed by atoms with Gasteiger partial charge >= 0.3 is 6.01 Å². The first-order valence-electron chi connectivity index (χ1n) is 6.34. The number of anilines is 2. The predicted octanol–water partition coefficient (Wildman–Crippen LogP) is -0.143. The Morgan fingerprint density at radius 2 is 1.79 bits per heavy atom. The van der Waals surface area contributed by atoms with Crippen molar-refractivity contribution in [1.29, 1.82) is 0 Å². The van der Waals surface area contributed by atoms with E-state index >= 15 is 0 Å². The predicted molar refractivity (Wildman–Crippen MR) is 71.4 cm³/mol. The number of aliphatic hydroxyl groups is 2. The first kappa shape index (κ1) is 15.4. The van der Waals surface area contributed by atoms with Crippen LogP contribution in [0, 0.1) is 0 Å². The molecule has 0 aromatic carbocycles. The van der Waals surface area contributed by atoms with Gasteiger partial charge in [0.1, 0.15) is 0 Å². The number of nitrogens with zero attached hydrogens (tertiary/aromatic N) is 3. The average Bonchev–Trinajstić information content (AvgIpc) is 2.42. The summed E-state index contributed by atoms with van der Waals surface area (Å²) >= 11 is 0. The van der Waals surface area contributed by atoms with Crippen LogP contribution in [0.4, 0.5) is 11.9 Å². The monoisotopic (exact) mass is 271 g/mol. The molecule has 108 valence electrons. The molecule has 1 heterocycles. The van der Waals surface area contributed by atoms with Crippen LogP contribution in [0.1, 0.15) is 20.3 Å². The Kier molecular flexibility index (Phi) is 6.83. The maximum Gasteiger partial charge on any atom is 0.323 e. The van der Waals surface area contributed by atoms with Crippen molar-refractivity contribution in [3.05, 3.63) is 0 Å². The largest absolute Gasteiger partial charge is 0.464 e. The van der Waals surface area contributed by atoms with Gasteiger partial charge < -0.3 is 25.6 Å². The lowest BCUT2D eigenvalue weighted by Gasteiger charge is -2.14. The highest BCUT2D eigenvalue weighted by Crippen LogP contribution is 2.12. The van der Waals surface area contributed by atoms with Crippen molar-refractivity contribution in [2.75, 3.05) is 37.0 Å². The molecule has 1 aromatic rings. The topological polar surface area (TPSA) is 112 Å². The zero-order chi connectivity index (χ0) is 14.1. The molecule has 0 saturated heterocycles. The SMILES string of the molecule is CCCNc1nc(NC(CO)CO)nc(OCC)n1. The van der Waals surface area contributed by atoms with Crippen LogP contribution < -0.4 is 15.4 Å². The molecular weight excluding hydrogens is 250 g/mol. The molecule has 0 aliphatic rings. The molecule has 0 fully saturated rings. The lowest BCUT2D eigenvalue weighted by molar-refractivity contribution is 0.203. The Balaban J connectivity index is 2.85. The summed E-state index contributed by atoms with van der Waals surface area (Å²) in [6.45, 7) is 4.61. The molecule has 0 atom stereocenters. The van der Waals surface area contributed by atoms with Gasteiger partial charge in [0.2, 0.25) is 11.9 Å². The van der Waals surface area contributed by atoms with E-state index in [-0.39, 0.29) is 25.2 Å². The maximum atomic E-state index is 9.03. The molecule has 0 aliphatic carbocycles. The van der Waals surface area contributed by atoms with Gasteiger partial charge in [-0.25, -0.2) is 0 Å². The van der Waals surface area contributed by atoms with E-state index in [0.29, 0.717) is 12.6 Å². The number of aliphatic hydroxyl groups excluding tert-OH is 2. The normalized spacial score (nSPS) is 10.6.